The molecule has 0 aromatic heterocycles. The van der Waals surface area contributed by atoms with Crippen LogP contribution in [-0.2, 0) is 4.79 Å². The molecule has 3 nitrogen and oxygen atoms in total. The van der Waals surface area contributed by atoms with Gasteiger partial charge in [-0.3, -0.25) is 4.72 Å². The standard InChI is InChI=1S/C11H22N2OS/c1-10(14)5-4-8-15-13-9-11-6-2-3-7-12-11/h11-13H,2-9H2,1H3. The van der Waals surface area contributed by atoms with Crippen LogP contribution in [-0.4, -0.2) is 30.7 Å². The Morgan fingerprint density at radius 3 is 3.07 bits per heavy atom. The summed E-state index contributed by atoms with van der Waals surface area (Å²) in [5, 5.41) is 3.50. The van der Waals surface area contributed by atoms with Crippen molar-refractivity contribution in [3.8, 4) is 0 Å². The smallest absolute Gasteiger partial charge is 0.129 e. The molecule has 0 aliphatic carbocycles. The lowest BCUT2D eigenvalue weighted by atomic mass is 10.1. The Bertz CT molecular complexity index is 181. The number of carbonyl (C=O) groups is 1. The van der Waals surface area contributed by atoms with Crippen molar-refractivity contribution in [1.29, 1.82) is 0 Å². The highest BCUT2D eigenvalue weighted by molar-refractivity contribution is 7.97. The molecule has 1 fully saturated rings. The fourth-order valence-electron chi connectivity index (χ4n) is 1.72. The normalized spacial score (nSPS) is 21.5. The minimum absolute atomic E-state index is 0.296. The summed E-state index contributed by atoms with van der Waals surface area (Å²) in [5.74, 6) is 1.33. The fourth-order valence-corrected chi connectivity index (χ4v) is 2.48. The quantitative estimate of drug-likeness (QED) is 0.516. The Balaban J connectivity index is 1.85. The van der Waals surface area contributed by atoms with Crippen LogP contribution in [0.4, 0.5) is 0 Å². The molecule has 15 heavy (non-hydrogen) atoms. The maximum atomic E-state index is 10.7. The summed E-state index contributed by atoms with van der Waals surface area (Å²) in [7, 11) is 0. The lowest BCUT2D eigenvalue weighted by Crippen LogP contribution is -2.40. The minimum atomic E-state index is 0.296. The fraction of sp³-hybridized carbons (Fsp3) is 0.909. The molecule has 0 radical (unpaired) electrons. The van der Waals surface area contributed by atoms with Crippen LogP contribution < -0.4 is 10.0 Å². The van der Waals surface area contributed by atoms with E-state index in [1.54, 1.807) is 18.9 Å². The first-order chi connectivity index (χ1) is 7.29. The molecular formula is C11H22N2OS. The number of hydrogen-bond acceptors (Lipinski definition) is 4. The molecule has 0 spiro atoms. The van der Waals surface area contributed by atoms with E-state index < -0.39 is 0 Å². The number of piperidine rings is 1. The zero-order chi connectivity index (χ0) is 10.9. The SMILES string of the molecule is CC(=O)CCCSNCC1CCCCN1. The number of Topliss-reactive ketones (excluding diaryl/α,β-unsaturated/α-hetero) is 1. The van der Waals surface area contributed by atoms with Crippen LogP contribution in [0.5, 0.6) is 0 Å². The Morgan fingerprint density at radius 2 is 2.40 bits per heavy atom. The largest absolute Gasteiger partial charge is 0.313 e. The first-order valence-electron chi connectivity index (χ1n) is 5.86. The second kappa shape index (κ2) is 8.13. The highest BCUT2D eigenvalue weighted by Crippen LogP contribution is 2.07. The maximum Gasteiger partial charge on any atom is 0.129 e. The summed E-state index contributed by atoms with van der Waals surface area (Å²) in [6, 6.07) is 0.652. The zero-order valence-electron chi connectivity index (χ0n) is 9.55. The topological polar surface area (TPSA) is 41.1 Å². The summed E-state index contributed by atoms with van der Waals surface area (Å²) in [6.45, 7) is 3.87. The molecule has 88 valence electrons. The summed E-state index contributed by atoms with van der Waals surface area (Å²) in [6.07, 6.45) is 5.68. The molecule has 0 amide bonds. The Labute approximate surface area is 96.9 Å². The van der Waals surface area contributed by atoms with Gasteiger partial charge >= 0.3 is 0 Å². The van der Waals surface area contributed by atoms with Gasteiger partial charge in [-0.1, -0.05) is 18.4 Å². The zero-order valence-corrected chi connectivity index (χ0v) is 10.4. The highest BCUT2D eigenvalue weighted by Gasteiger charge is 2.11. The average Bonchev–Trinajstić information content (AvgIpc) is 2.24. The predicted molar refractivity (Wildman–Crippen MR) is 66.0 cm³/mol. The summed E-state index contributed by atoms with van der Waals surface area (Å²) in [5.41, 5.74) is 0. The number of carbonyl (C=O) groups excluding carboxylic acids is 1. The van der Waals surface area contributed by atoms with Crippen LogP contribution in [0, 0.1) is 0 Å². The van der Waals surface area contributed by atoms with E-state index in [-0.39, 0.29) is 0 Å². The van der Waals surface area contributed by atoms with Gasteiger partial charge < -0.3 is 10.1 Å². The highest BCUT2D eigenvalue weighted by atomic mass is 32.2. The molecule has 1 aliphatic heterocycles. The van der Waals surface area contributed by atoms with Crippen molar-refractivity contribution < 1.29 is 4.79 Å². The first kappa shape index (κ1) is 13.0. The molecule has 1 rings (SSSR count). The van der Waals surface area contributed by atoms with Gasteiger partial charge in [-0.25, -0.2) is 0 Å². The molecule has 0 aromatic carbocycles. The number of ketones is 1. The molecule has 0 saturated carbocycles. The third kappa shape index (κ3) is 6.93. The number of rotatable bonds is 7. The van der Waals surface area contributed by atoms with Gasteiger partial charge in [-0.15, -0.1) is 0 Å². The maximum absolute atomic E-state index is 10.7. The molecule has 0 bridgehead atoms. The van der Waals surface area contributed by atoms with Gasteiger partial charge in [-0.05, 0) is 32.7 Å². The summed E-state index contributed by atoms with van der Waals surface area (Å²) in [4.78, 5) is 10.7. The molecule has 1 unspecified atom stereocenters. The van der Waals surface area contributed by atoms with Gasteiger partial charge in [0.05, 0.1) is 0 Å². The van der Waals surface area contributed by atoms with E-state index in [1.165, 1.54) is 25.8 Å². The van der Waals surface area contributed by atoms with E-state index in [2.05, 4.69) is 10.0 Å². The van der Waals surface area contributed by atoms with Gasteiger partial charge in [0.25, 0.3) is 0 Å². The molecule has 1 atom stereocenters. The van der Waals surface area contributed by atoms with Gasteiger partial charge in [-0.2, -0.15) is 0 Å². The van der Waals surface area contributed by atoms with Gasteiger partial charge in [0, 0.05) is 24.8 Å². The average molecular weight is 230 g/mol. The Kier molecular flexibility index (Phi) is 7.05. The van der Waals surface area contributed by atoms with Gasteiger partial charge in [0.15, 0.2) is 0 Å². The monoisotopic (exact) mass is 230 g/mol. The second-order valence-corrected chi connectivity index (χ2v) is 5.13. The van der Waals surface area contributed by atoms with E-state index in [9.17, 15) is 4.79 Å². The van der Waals surface area contributed by atoms with Crippen molar-refractivity contribution in [3.63, 3.8) is 0 Å². The predicted octanol–water partition coefficient (Wildman–Crippen LogP) is 1.74. The van der Waals surface area contributed by atoms with Gasteiger partial charge in [0.2, 0.25) is 0 Å². The molecule has 4 heteroatoms. The molecule has 1 aliphatic rings. The van der Waals surface area contributed by atoms with E-state index in [0.717, 1.165) is 25.1 Å². The van der Waals surface area contributed by atoms with Crippen LogP contribution in [0.15, 0.2) is 0 Å². The van der Waals surface area contributed by atoms with Crippen molar-refractivity contribution in [2.75, 3.05) is 18.8 Å². The molecular weight excluding hydrogens is 208 g/mol. The third-order valence-corrected chi connectivity index (χ3v) is 3.48. The Morgan fingerprint density at radius 1 is 1.53 bits per heavy atom. The van der Waals surface area contributed by atoms with Crippen LogP contribution in [0.25, 0.3) is 0 Å². The van der Waals surface area contributed by atoms with E-state index in [0.29, 0.717) is 11.8 Å². The molecule has 2 N–H and O–H groups in total. The van der Waals surface area contributed by atoms with Crippen LogP contribution in [0.1, 0.15) is 39.0 Å². The van der Waals surface area contributed by atoms with Crippen LogP contribution >= 0.6 is 11.9 Å². The van der Waals surface area contributed by atoms with E-state index >= 15 is 0 Å². The number of hydrogen-bond donors (Lipinski definition) is 2. The van der Waals surface area contributed by atoms with Crippen molar-refractivity contribution in [2.45, 2.75) is 45.1 Å². The lowest BCUT2D eigenvalue weighted by molar-refractivity contribution is -0.117. The number of nitrogens with one attached hydrogen (secondary N) is 2. The first-order valence-corrected chi connectivity index (χ1v) is 6.85. The van der Waals surface area contributed by atoms with Crippen molar-refractivity contribution in [2.24, 2.45) is 0 Å². The molecule has 1 saturated heterocycles. The van der Waals surface area contributed by atoms with Crippen molar-refractivity contribution in [1.82, 2.24) is 10.0 Å². The van der Waals surface area contributed by atoms with Crippen LogP contribution in [0.3, 0.4) is 0 Å². The minimum Gasteiger partial charge on any atom is -0.313 e. The summed E-state index contributed by atoms with van der Waals surface area (Å²) >= 11 is 1.75. The molecule has 0 aromatic rings. The second-order valence-electron chi connectivity index (χ2n) is 4.15. The lowest BCUT2D eigenvalue weighted by Gasteiger charge is -2.23. The summed E-state index contributed by atoms with van der Waals surface area (Å²) < 4.78 is 3.37. The van der Waals surface area contributed by atoms with Gasteiger partial charge in [0.1, 0.15) is 5.78 Å². The van der Waals surface area contributed by atoms with Crippen molar-refractivity contribution in [3.05, 3.63) is 0 Å². The van der Waals surface area contributed by atoms with E-state index in [4.69, 9.17) is 0 Å². The van der Waals surface area contributed by atoms with Crippen molar-refractivity contribution >= 4 is 17.7 Å². The third-order valence-electron chi connectivity index (χ3n) is 2.62. The molecule has 1 heterocycles. The Hall–Kier alpha value is -0.0600. The van der Waals surface area contributed by atoms with Crippen LogP contribution in [0.2, 0.25) is 0 Å². The van der Waals surface area contributed by atoms with E-state index in [1.807, 2.05) is 0 Å².